The maximum atomic E-state index is 12.6. The molecule has 3 rings (SSSR count). The zero-order chi connectivity index (χ0) is 17.8. The summed E-state index contributed by atoms with van der Waals surface area (Å²) in [4.78, 5) is 12.6. The number of amides is 1. The van der Waals surface area contributed by atoms with Gasteiger partial charge in [-0.05, 0) is 41.5 Å². The lowest BCUT2D eigenvalue weighted by Crippen LogP contribution is -2.26. The van der Waals surface area contributed by atoms with Crippen molar-refractivity contribution in [3.05, 3.63) is 77.9 Å². The Bertz CT molecular complexity index is 873. The zero-order valence-corrected chi connectivity index (χ0v) is 13.6. The van der Waals surface area contributed by atoms with Gasteiger partial charge in [0.25, 0.3) is 5.91 Å². The molecule has 1 amide bonds. The number of carbonyl (C=O) groups excluding carboxylic acids is 1. The molecule has 0 saturated heterocycles. The number of alkyl halides is 2. The number of rotatable bonds is 5. The number of nitrogens with one attached hydrogen (secondary N) is 1. The maximum Gasteiger partial charge on any atom is 0.387 e. The fourth-order valence-corrected chi connectivity index (χ4v) is 2.72. The molecule has 0 aliphatic rings. The summed E-state index contributed by atoms with van der Waals surface area (Å²) in [5, 5.41) is 4.82. The molecule has 0 fully saturated rings. The minimum atomic E-state index is -2.85. The molecule has 5 heteroatoms. The van der Waals surface area contributed by atoms with Gasteiger partial charge in [0.15, 0.2) is 0 Å². The van der Waals surface area contributed by atoms with Gasteiger partial charge in [-0.25, -0.2) is 0 Å². The molecule has 128 valence electrons. The molecular weight excluding hydrogens is 324 g/mol. The number of carbonyl (C=O) groups is 1. The van der Waals surface area contributed by atoms with Crippen LogP contribution in [0.4, 0.5) is 8.78 Å². The van der Waals surface area contributed by atoms with Gasteiger partial charge in [-0.1, -0.05) is 48.5 Å². The third-order valence-electron chi connectivity index (χ3n) is 3.99. The molecule has 3 aromatic rings. The van der Waals surface area contributed by atoms with Crippen molar-refractivity contribution < 1.29 is 18.3 Å². The second-order valence-corrected chi connectivity index (χ2v) is 5.67. The number of hydrogen-bond acceptors (Lipinski definition) is 2. The van der Waals surface area contributed by atoms with Crippen LogP contribution in [0.25, 0.3) is 10.8 Å². The molecule has 3 nitrogen and oxygen atoms in total. The third-order valence-corrected chi connectivity index (χ3v) is 3.99. The van der Waals surface area contributed by atoms with E-state index in [4.69, 9.17) is 0 Å². The van der Waals surface area contributed by atoms with Gasteiger partial charge >= 0.3 is 6.61 Å². The summed E-state index contributed by atoms with van der Waals surface area (Å²) in [6.45, 7) is -1.01. The highest BCUT2D eigenvalue weighted by molar-refractivity contribution is 6.07. The van der Waals surface area contributed by atoms with E-state index in [0.717, 1.165) is 16.3 Å². The Morgan fingerprint density at radius 3 is 2.36 bits per heavy atom. The Balaban J connectivity index is 1.76. The van der Waals surface area contributed by atoms with Crippen LogP contribution in [-0.4, -0.2) is 12.5 Å². The molecule has 0 aliphatic heterocycles. The van der Waals surface area contributed by atoms with Crippen molar-refractivity contribution in [2.24, 2.45) is 0 Å². The van der Waals surface area contributed by atoms with Crippen LogP contribution in [0.15, 0.2) is 66.7 Å². The number of ether oxygens (including phenoxy) is 1. The molecule has 3 aromatic carbocycles. The van der Waals surface area contributed by atoms with Crippen LogP contribution in [0.5, 0.6) is 5.75 Å². The first kappa shape index (κ1) is 16.9. The van der Waals surface area contributed by atoms with Crippen LogP contribution in [-0.2, 0) is 0 Å². The van der Waals surface area contributed by atoms with Gasteiger partial charge in [-0.15, -0.1) is 0 Å². The zero-order valence-electron chi connectivity index (χ0n) is 13.6. The molecule has 0 saturated carbocycles. The summed E-state index contributed by atoms with van der Waals surface area (Å²) < 4.78 is 28.7. The maximum absolute atomic E-state index is 12.6. The number of fused-ring (bicyclic) bond motifs is 1. The summed E-state index contributed by atoms with van der Waals surface area (Å²) in [5.74, 6) is -0.0939. The van der Waals surface area contributed by atoms with Gasteiger partial charge in [0.1, 0.15) is 5.75 Å². The topological polar surface area (TPSA) is 38.3 Å². The van der Waals surface area contributed by atoms with E-state index in [9.17, 15) is 13.6 Å². The normalized spacial score (nSPS) is 12.2. The van der Waals surface area contributed by atoms with Gasteiger partial charge in [-0.3, -0.25) is 4.79 Å². The van der Waals surface area contributed by atoms with Gasteiger partial charge < -0.3 is 10.1 Å². The Hall–Kier alpha value is -2.95. The Labute approximate surface area is 144 Å². The molecule has 0 spiro atoms. The molecular formula is C20H17F2NO2. The summed E-state index contributed by atoms with van der Waals surface area (Å²) in [6, 6.07) is 19.2. The van der Waals surface area contributed by atoms with Crippen molar-refractivity contribution >= 4 is 16.7 Å². The van der Waals surface area contributed by atoms with E-state index in [2.05, 4.69) is 10.1 Å². The molecule has 0 bridgehead atoms. The largest absolute Gasteiger partial charge is 0.435 e. The van der Waals surface area contributed by atoms with Crippen LogP contribution >= 0.6 is 0 Å². The molecule has 1 N–H and O–H groups in total. The lowest BCUT2D eigenvalue weighted by atomic mass is 10.0. The standard InChI is InChI=1S/C20H17F2NO2/c1-13(14-9-11-16(12-10-14)25-20(21)22)23-19(24)18-8-4-6-15-5-2-3-7-17(15)18/h2-13,20H,1H3,(H,23,24). The van der Waals surface area contributed by atoms with Crippen molar-refractivity contribution in [1.29, 1.82) is 0 Å². The van der Waals surface area contributed by atoms with Crippen molar-refractivity contribution in [3.63, 3.8) is 0 Å². The predicted molar refractivity (Wildman–Crippen MR) is 92.9 cm³/mol. The van der Waals surface area contributed by atoms with Crippen LogP contribution in [0, 0.1) is 0 Å². The highest BCUT2D eigenvalue weighted by atomic mass is 19.3. The Morgan fingerprint density at radius 2 is 1.64 bits per heavy atom. The van der Waals surface area contributed by atoms with E-state index in [-0.39, 0.29) is 17.7 Å². The minimum absolute atomic E-state index is 0.0892. The van der Waals surface area contributed by atoms with Crippen molar-refractivity contribution in [2.75, 3.05) is 0 Å². The second kappa shape index (κ2) is 7.30. The molecule has 0 heterocycles. The highest BCUT2D eigenvalue weighted by Crippen LogP contribution is 2.22. The SMILES string of the molecule is CC(NC(=O)c1cccc2ccccc12)c1ccc(OC(F)F)cc1. The predicted octanol–water partition coefficient (Wildman–Crippen LogP) is 4.93. The molecule has 1 atom stereocenters. The third kappa shape index (κ3) is 3.94. The van der Waals surface area contributed by atoms with Crippen molar-refractivity contribution in [3.8, 4) is 5.75 Å². The summed E-state index contributed by atoms with van der Waals surface area (Å²) >= 11 is 0. The molecule has 25 heavy (non-hydrogen) atoms. The first-order chi connectivity index (χ1) is 12.0. The summed E-state index contributed by atoms with van der Waals surface area (Å²) in [5.41, 5.74) is 1.40. The average molecular weight is 341 g/mol. The lowest BCUT2D eigenvalue weighted by Gasteiger charge is -2.16. The number of benzene rings is 3. The first-order valence-electron chi connectivity index (χ1n) is 7.88. The van der Waals surface area contributed by atoms with Crippen LogP contribution in [0.2, 0.25) is 0 Å². The number of hydrogen-bond donors (Lipinski definition) is 1. The summed E-state index contributed by atoms with van der Waals surface area (Å²) in [7, 11) is 0. The molecule has 0 aliphatic carbocycles. The van der Waals surface area contributed by atoms with E-state index in [1.807, 2.05) is 43.3 Å². The Kier molecular flexibility index (Phi) is 4.93. The lowest BCUT2D eigenvalue weighted by molar-refractivity contribution is -0.0498. The highest BCUT2D eigenvalue weighted by Gasteiger charge is 2.14. The van der Waals surface area contributed by atoms with Crippen LogP contribution in [0.1, 0.15) is 28.9 Å². The van der Waals surface area contributed by atoms with Crippen LogP contribution in [0.3, 0.4) is 0 Å². The molecule has 0 radical (unpaired) electrons. The summed E-state index contributed by atoms with van der Waals surface area (Å²) in [6.07, 6.45) is 0. The van der Waals surface area contributed by atoms with Crippen molar-refractivity contribution in [2.45, 2.75) is 19.6 Å². The van der Waals surface area contributed by atoms with E-state index in [1.54, 1.807) is 18.2 Å². The van der Waals surface area contributed by atoms with Gasteiger partial charge in [0.2, 0.25) is 0 Å². The van der Waals surface area contributed by atoms with Crippen molar-refractivity contribution in [1.82, 2.24) is 5.32 Å². The van der Waals surface area contributed by atoms with E-state index < -0.39 is 6.61 Å². The molecule has 0 aromatic heterocycles. The first-order valence-corrected chi connectivity index (χ1v) is 7.88. The van der Waals surface area contributed by atoms with E-state index in [0.29, 0.717) is 5.56 Å². The van der Waals surface area contributed by atoms with E-state index >= 15 is 0 Å². The van der Waals surface area contributed by atoms with Gasteiger partial charge in [0, 0.05) is 5.56 Å². The minimum Gasteiger partial charge on any atom is -0.435 e. The van der Waals surface area contributed by atoms with Crippen LogP contribution < -0.4 is 10.1 Å². The fraction of sp³-hybridized carbons (Fsp3) is 0.150. The van der Waals surface area contributed by atoms with Gasteiger partial charge in [0.05, 0.1) is 6.04 Å². The molecule has 1 unspecified atom stereocenters. The average Bonchev–Trinajstić information content (AvgIpc) is 2.61. The second-order valence-electron chi connectivity index (χ2n) is 5.67. The smallest absolute Gasteiger partial charge is 0.387 e. The van der Waals surface area contributed by atoms with E-state index in [1.165, 1.54) is 12.1 Å². The fourth-order valence-electron chi connectivity index (χ4n) is 2.72. The van der Waals surface area contributed by atoms with Gasteiger partial charge in [-0.2, -0.15) is 8.78 Å². The quantitative estimate of drug-likeness (QED) is 0.714. The monoisotopic (exact) mass is 341 g/mol. The number of halogens is 2. The Morgan fingerprint density at radius 1 is 0.960 bits per heavy atom.